The molecule has 0 bridgehead atoms. The number of rotatable bonds is 8. The van der Waals surface area contributed by atoms with Crippen molar-refractivity contribution < 1.29 is 9.53 Å². The van der Waals surface area contributed by atoms with E-state index in [1.165, 1.54) is 32.1 Å². The molecule has 0 unspecified atom stereocenters. The summed E-state index contributed by atoms with van der Waals surface area (Å²) >= 11 is 0. The van der Waals surface area contributed by atoms with Gasteiger partial charge in [0, 0.05) is 20.1 Å². The van der Waals surface area contributed by atoms with Crippen LogP contribution in [0.2, 0.25) is 0 Å². The molecule has 0 saturated heterocycles. The summed E-state index contributed by atoms with van der Waals surface area (Å²) in [7, 11) is 5.93. The molecular formula is C20H32N2O2. The van der Waals surface area contributed by atoms with Crippen LogP contribution >= 0.6 is 0 Å². The van der Waals surface area contributed by atoms with Gasteiger partial charge in [-0.25, -0.2) is 0 Å². The maximum absolute atomic E-state index is 12.8. The molecule has 0 aliphatic heterocycles. The molecule has 1 aliphatic carbocycles. The lowest BCUT2D eigenvalue weighted by Crippen LogP contribution is -2.30. The number of carbonyl (C=O) groups excluding carboxylic acids is 1. The second-order valence-corrected chi connectivity index (χ2v) is 7.17. The summed E-state index contributed by atoms with van der Waals surface area (Å²) in [5.41, 5.74) is 0.669. The van der Waals surface area contributed by atoms with Crippen molar-refractivity contribution in [2.75, 3.05) is 40.8 Å². The van der Waals surface area contributed by atoms with Crippen LogP contribution in [0.4, 0.5) is 0 Å². The Labute approximate surface area is 146 Å². The van der Waals surface area contributed by atoms with Crippen molar-refractivity contribution in [3.8, 4) is 5.75 Å². The third-order valence-corrected chi connectivity index (χ3v) is 4.86. The van der Waals surface area contributed by atoms with Crippen LogP contribution in [0, 0.1) is 5.92 Å². The number of benzene rings is 1. The number of nitrogens with zero attached hydrogens (tertiary/aromatic N) is 2. The molecule has 4 heteroatoms. The first-order chi connectivity index (χ1) is 11.6. The Hall–Kier alpha value is -1.55. The van der Waals surface area contributed by atoms with Crippen molar-refractivity contribution in [3.05, 3.63) is 29.8 Å². The lowest BCUT2D eigenvalue weighted by molar-refractivity contribution is 0.0779. The fourth-order valence-corrected chi connectivity index (χ4v) is 3.27. The monoisotopic (exact) mass is 332 g/mol. The normalized spacial score (nSPS) is 15.5. The second-order valence-electron chi connectivity index (χ2n) is 7.17. The zero-order chi connectivity index (χ0) is 17.4. The van der Waals surface area contributed by atoms with Crippen molar-refractivity contribution in [1.82, 2.24) is 9.80 Å². The summed E-state index contributed by atoms with van der Waals surface area (Å²) in [6.45, 7) is 2.25. The van der Waals surface area contributed by atoms with Crippen LogP contribution < -0.4 is 4.74 Å². The fourth-order valence-electron chi connectivity index (χ4n) is 3.27. The fraction of sp³-hybridized carbons (Fsp3) is 0.650. The average molecular weight is 332 g/mol. The van der Waals surface area contributed by atoms with Crippen molar-refractivity contribution in [3.63, 3.8) is 0 Å². The summed E-state index contributed by atoms with van der Waals surface area (Å²) in [6, 6.07) is 7.58. The number of carbonyl (C=O) groups is 1. The molecule has 0 heterocycles. The quantitative estimate of drug-likeness (QED) is 0.728. The van der Waals surface area contributed by atoms with Gasteiger partial charge in [0.15, 0.2) is 0 Å². The third-order valence-electron chi connectivity index (χ3n) is 4.86. The second kappa shape index (κ2) is 9.67. The number of para-hydroxylation sites is 1. The van der Waals surface area contributed by atoms with Gasteiger partial charge in [0.1, 0.15) is 12.4 Å². The van der Waals surface area contributed by atoms with E-state index in [-0.39, 0.29) is 5.91 Å². The highest BCUT2D eigenvalue weighted by atomic mass is 16.5. The number of hydrogen-bond donors (Lipinski definition) is 0. The number of likely N-dealkylation sites (N-methyl/N-ethyl adjacent to an activating group) is 1. The summed E-state index contributed by atoms with van der Waals surface area (Å²) < 4.78 is 5.82. The molecule has 1 saturated carbocycles. The largest absolute Gasteiger partial charge is 0.491 e. The smallest absolute Gasteiger partial charge is 0.257 e. The maximum Gasteiger partial charge on any atom is 0.257 e. The van der Waals surface area contributed by atoms with Gasteiger partial charge in [-0.05, 0) is 38.6 Å². The molecule has 0 aromatic heterocycles. The van der Waals surface area contributed by atoms with Crippen LogP contribution in [0.1, 0.15) is 48.9 Å². The van der Waals surface area contributed by atoms with Crippen LogP contribution in [0.5, 0.6) is 5.75 Å². The molecule has 2 rings (SSSR count). The molecule has 0 N–H and O–H groups in total. The van der Waals surface area contributed by atoms with E-state index in [0.29, 0.717) is 17.9 Å². The number of amides is 1. The lowest BCUT2D eigenvalue weighted by Gasteiger charge is -2.25. The van der Waals surface area contributed by atoms with E-state index in [0.717, 1.165) is 25.4 Å². The van der Waals surface area contributed by atoms with Gasteiger partial charge in [-0.1, -0.05) is 44.2 Å². The highest BCUT2D eigenvalue weighted by Crippen LogP contribution is 2.27. The average Bonchev–Trinajstić information content (AvgIpc) is 2.60. The molecule has 0 spiro atoms. The highest BCUT2D eigenvalue weighted by Gasteiger charge is 2.19. The first-order valence-electron chi connectivity index (χ1n) is 9.20. The minimum absolute atomic E-state index is 0.0614. The van der Waals surface area contributed by atoms with Crippen LogP contribution in [-0.4, -0.2) is 56.5 Å². The predicted molar refractivity (Wildman–Crippen MR) is 98.6 cm³/mol. The van der Waals surface area contributed by atoms with Gasteiger partial charge in [-0.3, -0.25) is 4.79 Å². The van der Waals surface area contributed by atoms with E-state index in [1.54, 1.807) is 0 Å². The predicted octanol–water partition coefficient (Wildman–Crippen LogP) is 3.67. The van der Waals surface area contributed by atoms with E-state index in [9.17, 15) is 4.79 Å². The third kappa shape index (κ3) is 5.82. The Morgan fingerprint density at radius 1 is 1.08 bits per heavy atom. The summed E-state index contributed by atoms with van der Waals surface area (Å²) in [4.78, 5) is 16.7. The Bertz CT molecular complexity index is 510. The van der Waals surface area contributed by atoms with Crippen LogP contribution in [0.15, 0.2) is 24.3 Å². The molecule has 0 radical (unpaired) electrons. The standard InChI is InChI=1S/C20H32N2O2/c1-21(2)15-16-24-19-12-8-7-11-18(19)20(23)22(3)14-13-17-9-5-4-6-10-17/h7-8,11-12,17H,4-6,9-10,13-16H2,1-3H3. The molecule has 1 amide bonds. The van der Waals surface area contributed by atoms with E-state index in [1.807, 2.05) is 50.3 Å². The molecule has 1 aromatic rings. The van der Waals surface area contributed by atoms with Crippen LogP contribution in [-0.2, 0) is 0 Å². The van der Waals surface area contributed by atoms with Gasteiger partial charge in [-0.15, -0.1) is 0 Å². The maximum atomic E-state index is 12.8. The molecule has 24 heavy (non-hydrogen) atoms. The Kier molecular flexibility index (Phi) is 7.57. The molecule has 1 aliphatic rings. The van der Waals surface area contributed by atoms with Crippen molar-refractivity contribution in [1.29, 1.82) is 0 Å². The molecule has 1 aromatic carbocycles. The SMILES string of the molecule is CN(C)CCOc1ccccc1C(=O)N(C)CCC1CCCCC1. The first kappa shape index (κ1) is 18.8. The van der Waals surface area contributed by atoms with Crippen molar-refractivity contribution in [2.45, 2.75) is 38.5 Å². The van der Waals surface area contributed by atoms with E-state index < -0.39 is 0 Å². The summed E-state index contributed by atoms with van der Waals surface area (Å²) in [5.74, 6) is 1.54. The van der Waals surface area contributed by atoms with Crippen LogP contribution in [0.25, 0.3) is 0 Å². The number of hydrogen-bond acceptors (Lipinski definition) is 3. The lowest BCUT2D eigenvalue weighted by atomic mass is 9.87. The van der Waals surface area contributed by atoms with E-state index in [4.69, 9.17) is 4.74 Å². The highest BCUT2D eigenvalue weighted by molar-refractivity contribution is 5.96. The van der Waals surface area contributed by atoms with E-state index in [2.05, 4.69) is 4.90 Å². The topological polar surface area (TPSA) is 32.8 Å². The Balaban J connectivity index is 1.90. The zero-order valence-electron chi connectivity index (χ0n) is 15.5. The Morgan fingerprint density at radius 2 is 1.79 bits per heavy atom. The molecule has 0 atom stereocenters. The molecule has 4 nitrogen and oxygen atoms in total. The van der Waals surface area contributed by atoms with Crippen molar-refractivity contribution >= 4 is 5.91 Å². The van der Waals surface area contributed by atoms with Crippen LogP contribution in [0.3, 0.4) is 0 Å². The van der Waals surface area contributed by atoms with Gasteiger partial charge in [0.05, 0.1) is 5.56 Å². The first-order valence-corrected chi connectivity index (χ1v) is 9.20. The molecule has 1 fully saturated rings. The van der Waals surface area contributed by atoms with Gasteiger partial charge in [0.2, 0.25) is 0 Å². The van der Waals surface area contributed by atoms with Gasteiger partial charge < -0.3 is 14.5 Å². The van der Waals surface area contributed by atoms with Crippen molar-refractivity contribution in [2.24, 2.45) is 5.92 Å². The minimum Gasteiger partial charge on any atom is -0.491 e. The van der Waals surface area contributed by atoms with Gasteiger partial charge in [-0.2, -0.15) is 0 Å². The zero-order valence-corrected chi connectivity index (χ0v) is 15.5. The van der Waals surface area contributed by atoms with E-state index >= 15 is 0 Å². The summed E-state index contributed by atoms with van der Waals surface area (Å²) in [6.07, 6.45) is 7.85. The minimum atomic E-state index is 0.0614. The van der Waals surface area contributed by atoms with Gasteiger partial charge >= 0.3 is 0 Å². The Morgan fingerprint density at radius 3 is 2.50 bits per heavy atom. The molecule has 134 valence electrons. The molecular weight excluding hydrogens is 300 g/mol. The summed E-state index contributed by atoms with van der Waals surface area (Å²) in [5, 5.41) is 0. The van der Waals surface area contributed by atoms with Gasteiger partial charge in [0.25, 0.3) is 5.91 Å². The number of ether oxygens (including phenoxy) is 1.